The van der Waals surface area contributed by atoms with Crippen molar-refractivity contribution in [3.05, 3.63) is 35.9 Å². The SMILES string of the molecule is CN(C)[C@@H](CNC(=O)C1CC1)Cc1ccccc1. The van der Waals surface area contributed by atoms with Gasteiger partial charge in [0.1, 0.15) is 0 Å². The number of rotatable bonds is 6. The Kier molecular flexibility index (Phi) is 4.37. The summed E-state index contributed by atoms with van der Waals surface area (Å²) in [7, 11) is 4.13. The second-order valence-electron chi connectivity index (χ2n) is 5.33. The van der Waals surface area contributed by atoms with Crippen molar-refractivity contribution in [2.45, 2.75) is 25.3 Å². The molecule has 1 amide bonds. The van der Waals surface area contributed by atoms with Crippen LogP contribution in [0, 0.1) is 5.92 Å². The van der Waals surface area contributed by atoms with E-state index in [4.69, 9.17) is 0 Å². The van der Waals surface area contributed by atoms with Crippen LogP contribution in [0.1, 0.15) is 18.4 Å². The number of carbonyl (C=O) groups is 1. The van der Waals surface area contributed by atoms with Crippen molar-refractivity contribution < 1.29 is 4.79 Å². The lowest BCUT2D eigenvalue weighted by molar-refractivity contribution is -0.122. The average Bonchev–Trinajstić information content (AvgIpc) is 3.19. The number of nitrogens with zero attached hydrogens (tertiary/aromatic N) is 1. The lowest BCUT2D eigenvalue weighted by Gasteiger charge is -2.24. The second kappa shape index (κ2) is 6.01. The molecule has 98 valence electrons. The monoisotopic (exact) mass is 246 g/mol. The minimum absolute atomic E-state index is 0.231. The zero-order valence-corrected chi connectivity index (χ0v) is 11.2. The summed E-state index contributed by atoms with van der Waals surface area (Å²) < 4.78 is 0. The van der Waals surface area contributed by atoms with E-state index in [2.05, 4.69) is 48.6 Å². The molecule has 1 N–H and O–H groups in total. The molecule has 0 heterocycles. The Balaban J connectivity index is 1.85. The first-order valence-electron chi connectivity index (χ1n) is 6.65. The molecule has 0 spiro atoms. The van der Waals surface area contributed by atoms with Crippen molar-refractivity contribution >= 4 is 5.91 Å². The summed E-state index contributed by atoms with van der Waals surface area (Å²) in [6, 6.07) is 10.8. The van der Waals surface area contributed by atoms with Crippen LogP contribution in [-0.4, -0.2) is 37.5 Å². The van der Waals surface area contributed by atoms with E-state index < -0.39 is 0 Å². The van der Waals surface area contributed by atoms with Gasteiger partial charge in [-0.15, -0.1) is 0 Å². The van der Waals surface area contributed by atoms with Gasteiger partial charge in [-0.25, -0.2) is 0 Å². The molecule has 1 aromatic carbocycles. The Labute approximate surface area is 109 Å². The van der Waals surface area contributed by atoms with Crippen LogP contribution in [-0.2, 0) is 11.2 Å². The molecule has 2 rings (SSSR count). The number of nitrogens with one attached hydrogen (secondary N) is 1. The van der Waals surface area contributed by atoms with E-state index in [1.807, 2.05) is 6.07 Å². The Morgan fingerprint density at radius 1 is 1.33 bits per heavy atom. The van der Waals surface area contributed by atoms with E-state index in [9.17, 15) is 4.79 Å². The van der Waals surface area contributed by atoms with Crippen molar-refractivity contribution in [3.8, 4) is 0 Å². The molecule has 3 nitrogen and oxygen atoms in total. The summed E-state index contributed by atoms with van der Waals surface area (Å²) in [6.45, 7) is 0.733. The summed E-state index contributed by atoms with van der Waals surface area (Å²) in [5.41, 5.74) is 1.32. The van der Waals surface area contributed by atoms with Gasteiger partial charge in [-0.3, -0.25) is 4.79 Å². The molecule has 1 saturated carbocycles. The third-order valence-electron chi connectivity index (χ3n) is 3.50. The molecule has 0 saturated heterocycles. The predicted octanol–water partition coefficient (Wildman–Crippen LogP) is 1.69. The maximum absolute atomic E-state index is 11.7. The number of hydrogen-bond donors (Lipinski definition) is 1. The summed E-state index contributed by atoms with van der Waals surface area (Å²) in [4.78, 5) is 13.8. The van der Waals surface area contributed by atoms with Gasteiger partial charge < -0.3 is 10.2 Å². The van der Waals surface area contributed by atoms with Crippen LogP contribution in [0.2, 0.25) is 0 Å². The normalized spacial score (nSPS) is 16.6. The van der Waals surface area contributed by atoms with Crippen LogP contribution in [0.5, 0.6) is 0 Å². The minimum Gasteiger partial charge on any atom is -0.354 e. The molecule has 1 atom stereocenters. The van der Waals surface area contributed by atoms with E-state index >= 15 is 0 Å². The lowest BCUT2D eigenvalue weighted by Crippen LogP contribution is -2.42. The van der Waals surface area contributed by atoms with Crippen molar-refractivity contribution in [2.24, 2.45) is 5.92 Å². The molecule has 1 aromatic rings. The first kappa shape index (κ1) is 13.1. The topological polar surface area (TPSA) is 32.3 Å². The zero-order valence-electron chi connectivity index (χ0n) is 11.2. The number of benzene rings is 1. The molecule has 0 aromatic heterocycles. The maximum atomic E-state index is 11.7. The summed E-state index contributed by atoms with van der Waals surface area (Å²) in [6.07, 6.45) is 3.10. The van der Waals surface area contributed by atoms with Crippen molar-refractivity contribution in [1.29, 1.82) is 0 Å². The van der Waals surface area contributed by atoms with Crippen LogP contribution in [0.4, 0.5) is 0 Å². The van der Waals surface area contributed by atoms with Gasteiger partial charge in [-0.05, 0) is 38.9 Å². The van der Waals surface area contributed by atoms with E-state index in [1.54, 1.807) is 0 Å². The van der Waals surface area contributed by atoms with E-state index in [0.29, 0.717) is 12.0 Å². The molecule has 0 bridgehead atoms. The van der Waals surface area contributed by atoms with Gasteiger partial charge in [0.2, 0.25) is 5.91 Å². The van der Waals surface area contributed by atoms with E-state index in [-0.39, 0.29) is 5.91 Å². The molecule has 1 aliphatic carbocycles. The quantitative estimate of drug-likeness (QED) is 0.828. The molecular formula is C15H22N2O. The third kappa shape index (κ3) is 3.84. The van der Waals surface area contributed by atoms with Crippen molar-refractivity contribution in [3.63, 3.8) is 0 Å². The molecule has 0 unspecified atom stereocenters. The molecular weight excluding hydrogens is 224 g/mol. The highest BCUT2D eigenvalue weighted by Gasteiger charge is 2.29. The smallest absolute Gasteiger partial charge is 0.223 e. The van der Waals surface area contributed by atoms with Gasteiger partial charge in [0.15, 0.2) is 0 Å². The molecule has 1 fully saturated rings. The minimum atomic E-state index is 0.231. The van der Waals surface area contributed by atoms with Crippen LogP contribution in [0.25, 0.3) is 0 Å². The number of carbonyl (C=O) groups excluding carboxylic acids is 1. The lowest BCUT2D eigenvalue weighted by atomic mass is 10.1. The maximum Gasteiger partial charge on any atom is 0.223 e. The van der Waals surface area contributed by atoms with E-state index in [1.165, 1.54) is 5.56 Å². The van der Waals surface area contributed by atoms with Crippen LogP contribution >= 0.6 is 0 Å². The Hall–Kier alpha value is -1.35. The molecule has 1 aliphatic rings. The number of hydrogen-bond acceptors (Lipinski definition) is 2. The Morgan fingerprint density at radius 3 is 2.56 bits per heavy atom. The fraction of sp³-hybridized carbons (Fsp3) is 0.533. The van der Waals surface area contributed by atoms with Crippen LogP contribution in [0.15, 0.2) is 30.3 Å². The molecule has 0 radical (unpaired) electrons. The summed E-state index contributed by atoms with van der Waals surface area (Å²) in [5, 5.41) is 3.07. The summed E-state index contributed by atoms with van der Waals surface area (Å²) in [5.74, 6) is 0.527. The largest absolute Gasteiger partial charge is 0.354 e. The van der Waals surface area contributed by atoms with Gasteiger partial charge in [0.25, 0.3) is 0 Å². The fourth-order valence-corrected chi connectivity index (χ4v) is 2.03. The fourth-order valence-electron chi connectivity index (χ4n) is 2.03. The highest BCUT2D eigenvalue weighted by molar-refractivity contribution is 5.80. The molecule has 18 heavy (non-hydrogen) atoms. The second-order valence-corrected chi connectivity index (χ2v) is 5.33. The van der Waals surface area contributed by atoms with Gasteiger partial charge in [0.05, 0.1) is 0 Å². The average molecular weight is 246 g/mol. The number of amides is 1. The van der Waals surface area contributed by atoms with Gasteiger partial charge in [-0.2, -0.15) is 0 Å². The predicted molar refractivity (Wildman–Crippen MR) is 73.4 cm³/mol. The Morgan fingerprint density at radius 2 is 2.00 bits per heavy atom. The first-order chi connectivity index (χ1) is 8.66. The first-order valence-corrected chi connectivity index (χ1v) is 6.65. The standard InChI is InChI=1S/C15H22N2O/c1-17(2)14(10-12-6-4-3-5-7-12)11-16-15(18)13-8-9-13/h3-7,13-14H,8-11H2,1-2H3,(H,16,18)/t14-/m1/s1. The van der Waals surface area contributed by atoms with Crippen molar-refractivity contribution in [2.75, 3.05) is 20.6 Å². The van der Waals surface area contributed by atoms with Gasteiger partial charge >= 0.3 is 0 Å². The molecule has 3 heteroatoms. The van der Waals surface area contributed by atoms with Crippen LogP contribution in [0.3, 0.4) is 0 Å². The van der Waals surface area contributed by atoms with Gasteiger partial charge in [0, 0.05) is 18.5 Å². The highest BCUT2D eigenvalue weighted by Crippen LogP contribution is 2.28. The summed E-state index contributed by atoms with van der Waals surface area (Å²) >= 11 is 0. The molecule has 0 aliphatic heterocycles. The number of likely N-dealkylation sites (N-methyl/N-ethyl adjacent to an activating group) is 1. The zero-order chi connectivity index (χ0) is 13.0. The van der Waals surface area contributed by atoms with Gasteiger partial charge in [-0.1, -0.05) is 30.3 Å². The van der Waals surface area contributed by atoms with Crippen LogP contribution < -0.4 is 5.32 Å². The highest BCUT2D eigenvalue weighted by atomic mass is 16.2. The van der Waals surface area contributed by atoms with E-state index in [0.717, 1.165) is 25.8 Å². The van der Waals surface area contributed by atoms with Crippen molar-refractivity contribution in [1.82, 2.24) is 10.2 Å². The Bertz CT molecular complexity index is 385. The third-order valence-corrected chi connectivity index (χ3v) is 3.50.